The number of hydrogen-bond acceptors (Lipinski definition) is 4. The Bertz CT molecular complexity index is 975. The van der Waals surface area contributed by atoms with Crippen LogP contribution in [0.4, 0.5) is 14.5 Å². The van der Waals surface area contributed by atoms with Gasteiger partial charge in [-0.25, -0.2) is 17.2 Å². The van der Waals surface area contributed by atoms with Crippen molar-refractivity contribution in [2.24, 2.45) is 0 Å². The molecule has 0 aliphatic carbocycles. The monoisotopic (exact) mass is 412 g/mol. The van der Waals surface area contributed by atoms with Gasteiger partial charge in [-0.05, 0) is 49.4 Å². The lowest BCUT2D eigenvalue weighted by atomic mass is 10.2. The van der Waals surface area contributed by atoms with Crippen molar-refractivity contribution in [3.05, 3.63) is 53.6 Å². The van der Waals surface area contributed by atoms with E-state index in [4.69, 9.17) is 0 Å². The number of carbonyl (C=O) groups is 1. The largest absolute Gasteiger partial charge is 0.339 e. The Kier molecular flexibility index (Phi) is 5.71. The van der Waals surface area contributed by atoms with Gasteiger partial charge < -0.3 is 4.90 Å². The molecule has 0 atom stereocenters. The predicted octanol–water partition coefficient (Wildman–Crippen LogP) is 3.72. The fraction of sp³-hybridized carbons (Fsp3) is 0.278. The number of sulfonamides is 1. The van der Waals surface area contributed by atoms with E-state index in [1.807, 2.05) is 0 Å². The molecule has 0 bridgehead atoms. The van der Waals surface area contributed by atoms with E-state index >= 15 is 0 Å². The van der Waals surface area contributed by atoms with Crippen molar-refractivity contribution in [1.82, 2.24) is 4.90 Å². The average Bonchev–Trinajstić information content (AvgIpc) is 3.17. The minimum absolute atomic E-state index is 0.161. The third-order valence-corrected chi connectivity index (χ3v) is 6.44. The van der Waals surface area contributed by atoms with Crippen LogP contribution in [0.2, 0.25) is 0 Å². The van der Waals surface area contributed by atoms with Crippen LogP contribution < -0.4 is 4.72 Å². The van der Waals surface area contributed by atoms with Crippen LogP contribution in [-0.2, 0) is 10.0 Å². The molecule has 0 radical (unpaired) electrons. The van der Waals surface area contributed by atoms with Gasteiger partial charge in [0.05, 0.1) is 16.1 Å². The summed E-state index contributed by atoms with van der Waals surface area (Å²) in [6.07, 6.45) is 3.64. The van der Waals surface area contributed by atoms with Gasteiger partial charge in [-0.1, -0.05) is 0 Å². The van der Waals surface area contributed by atoms with Gasteiger partial charge >= 0.3 is 0 Å². The molecule has 0 spiro atoms. The Morgan fingerprint density at radius 3 is 2.44 bits per heavy atom. The van der Waals surface area contributed by atoms with Crippen LogP contribution in [0.3, 0.4) is 0 Å². The highest BCUT2D eigenvalue weighted by Crippen LogP contribution is 2.27. The van der Waals surface area contributed by atoms with Gasteiger partial charge in [-0.15, -0.1) is 11.8 Å². The molecular weight excluding hydrogens is 394 g/mol. The van der Waals surface area contributed by atoms with E-state index in [0.717, 1.165) is 25.0 Å². The van der Waals surface area contributed by atoms with Gasteiger partial charge in [0.1, 0.15) is 11.6 Å². The van der Waals surface area contributed by atoms with Crippen molar-refractivity contribution in [3.63, 3.8) is 0 Å². The van der Waals surface area contributed by atoms with E-state index < -0.39 is 21.7 Å². The van der Waals surface area contributed by atoms with Gasteiger partial charge in [-0.3, -0.25) is 9.52 Å². The molecule has 144 valence electrons. The summed E-state index contributed by atoms with van der Waals surface area (Å²) in [4.78, 5) is 14.9. The quantitative estimate of drug-likeness (QED) is 0.760. The fourth-order valence-corrected chi connectivity index (χ4v) is 4.55. The van der Waals surface area contributed by atoms with Crippen LogP contribution in [0.5, 0.6) is 0 Å². The summed E-state index contributed by atoms with van der Waals surface area (Å²) in [6, 6.07) is 6.78. The number of thioether (sulfide) groups is 1. The second-order valence-corrected chi connectivity index (χ2v) is 8.62. The van der Waals surface area contributed by atoms with Crippen molar-refractivity contribution in [2.45, 2.75) is 22.6 Å². The first-order valence-corrected chi connectivity index (χ1v) is 11.0. The highest BCUT2D eigenvalue weighted by Gasteiger charge is 2.25. The normalized spacial score (nSPS) is 14.4. The predicted molar refractivity (Wildman–Crippen MR) is 101 cm³/mol. The Hall–Kier alpha value is -2.13. The molecule has 27 heavy (non-hydrogen) atoms. The van der Waals surface area contributed by atoms with Gasteiger partial charge in [0.25, 0.3) is 15.9 Å². The summed E-state index contributed by atoms with van der Waals surface area (Å²) in [5.74, 6) is -2.05. The SMILES string of the molecule is CSc1ccc(S(=O)(=O)Nc2ccc(F)cc2F)cc1C(=O)N1CCCC1. The Morgan fingerprint density at radius 1 is 1.11 bits per heavy atom. The highest BCUT2D eigenvalue weighted by molar-refractivity contribution is 7.98. The van der Waals surface area contributed by atoms with Crippen LogP contribution >= 0.6 is 11.8 Å². The molecule has 9 heteroatoms. The number of anilines is 1. The molecular formula is C18H18F2N2O3S2. The van der Waals surface area contributed by atoms with E-state index in [-0.39, 0.29) is 16.5 Å². The van der Waals surface area contributed by atoms with E-state index in [1.54, 1.807) is 17.2 Å². The van der Waals surface area contributed by atoms with Crippen molar-refractivity contribution in [2.75, 3.05) is 24.1 Å². The smallest absolute Gasteiger partial charge is 0.262 e. The molecule has 3 rings (SSSR count). The molecule has 1 N–H and O–H groups in total. The van der Waals surface area contributed by atoms with E-state index in [0.29, 0.717) is 29.6 Å². The van der Waals surface area contributed by atoms with Crippen LogP contribution in [-0.4, -0.2) is 38.6 Å². The molecule has 1 aliphatic rings. The van der Waals surface area contributed by atoms with Gasteiger partial charge in [0, 0.05) is 24.1 Å². The molecule has 0 aromatic heterocycles. The van der Waals surface area contributed by atoms with Crippen molar-refractivity contribution in [1.29, 1.82) is 0 Å². The number of benzene rings is 2. The third-order valence-electron chi connectivity index (χ3n) is 4.28. The summed E-state index contributed by atoms with van der Waals surface area (Å²) in [7, 11) is -4.15. The molecule has 0 saturated carbocycles. The summed E-state index contributed by atoms with van der Waals surface area (Å²) in [5.41, 5.74) is -0.0652. The molecule has 5 nitrogen and oxygen atoms in total. The lowest BCUT2D eigenvalue weighted by molar-refractivity contribution is 0.0789. The second-order valence-electron chi connectivity index (χ2n) is 6.09. The van der Waals surface area contributed by atoms with E-state index in [9.17, 15) is 22.0 Å². The number of amides is 1. The van der Waals surface area contributed by atoms with Crippen LogP contribution in [0.25, 0.3) is 0 Å². The molecule has 2 aromatic carbocycles. The average molecular weight is 412 g/mol. The Balaban J connectivity index is 1.95. The molecule has 1 fully saturated rings. The standard InChI is InChI=1S/C18H18F2N2O3S2/c1-26-17-7-5-13(11-14(17)18(23)22-8-2-3-9-22)27(24,25)21-16-6-4-12(19)10-15(16)20/h4-7,10-11,21H,2-3,8-9H2,1H3. The zero-order valence-electron chi connectivity index (χ0n) is 14.5. The molecule has 1 amide bonds. The maximum atomic E-state index is 13.8. The van der Waals surface area contributed by atoms with Crippen molar-refractivity contribution < 1.29 is 22.0 Å². The first-order valence-electron chi connectivity index (χ1n) is 8.27. The molecule has 0 unspecified atom stereocenters. The number of carbonyl (C=O) groups excluding carboxylic acids is 1. The summed E-state index contributed by atoms with van der Waals surface area (Å²) in [6.45, 7) is 1.28. The first-order chi connectivity index (χ1) is 12.8. The molecule has 2 aromatic rings. The molecule has 1 saturated heterocycles. The zero-order chi connectivity index (χ0) is 19.6. The fourth-order valence-electron chi connectivity index (χ4n) is 2.89. The van der Waals surface area contributed by atoms with Gasteiger partial charge in [0.15, 0.2) is 0 Å². The highest BCUT2D eigenvalue weighted by atomic mass is 32.2. The van der Waals surface area contributed by atoms with Crippen molar-refractivity contribution in [3.8, 4) is 0 Å². The van der Waals surface area contributed by atoms with E-state index in [2.05, 4.69) is 4.72 Å². The minimum Gasteiger partial charge on any atom is -0.339 e. The number of nitrogens with zero attached hydrogens (tertiary/aromatic N) is 1. The molecule has 1 aliphatic heterocycles. The minimum atomic E-state index is -4.15. The number of hydrogen-bond donors (Lipinski definition) is 1. The number of nitrogens with one attached hydrogen (secondary N) is 1. The van der Waals surface area contributed by atoms with Crippen LogP contribution in [0, 0.1) is 11.6 Å². The summed E-state index contributed by atoms with van der Waals surface area (Å²) < 4.78 is 54.2. The Morgan fingerprint density at radius 2 is 1.81 bits per heavy atom. The number of likely N-dealkylation sites (tertiary alicyclic amines) is 1. The molecule has 1 heterocycles. The summed E-state index contributed by atoms with van der Waals surface area (Å²) >= 11 is 1.35. The zero-order valence-corrected chi connectivity index (χ0v) is 16.2. The maximum Gasteiger partial charge on any atom is 0.262 e. The van der Waals surface area contributed by atoms with Crippen LogP contribution in [0.15, 0.2) is 46.2 Å². The second kappa shape index (κ2) is 7.85. The number of rotatable bonds is 5. The number of halogens is 2. The topological polar surface area (TPSA) is 66.5 Å². The van der Waals surface area contributed by atoms with E-state index in [1.165, 1.54) is 23.9 Å². The van der Waals surface area contributed by atoms with Crippen LogP contribution in [0.1, 0.15) is 23.2 Å². The lowest BCUT2D eigenvalue weighted by Crippen LogP contribution is -2.28. The summed E-state index contributed by atoms with van der Waals surface area (Å²) in [5, 5.41) is 0. The first kappa shape index (κ1) is 19.6. The Labute approximate surface area is 160 Å². The lowest BCUT2D eigenvalue weighted by Gasteiger charge is -2.18. The van der Waals surface area contributed by atoms with Crippen molar-refractivity contribution >= 4 is 33.4 Å². The third kappa shape index (κ3) is 4.24. The van der Waals surface area contributed by atoms with Gasteiger partial charge in [-0.2, -0.15) is 0 Å². The maximum absolute atomic E-state index is 13.8. The van der Waals surface area contributed by atoms with Gasteiger partial charge in [0.2, 0.25) is 0 Å².